The van der Waals surface area contributed by atoms with Gasteiger partial charge in [0.15, 0.2) is 0 Å². The summed E-state index contributed by atoms with van der Waals surface area (Å²) in [5.74, 6) is 1.83. The number of imidazole rings is 1. The maximum Gasteiger partial charge on any atom is 0.416 e. The van der Waals surface area contributed by atoms with Crippen LogP contribution in [-0.2, 0) is 19.1 Å². The van der Waals surface area contributed by atoms with E-state index in [1.54, 1.807) is 12.1 Å². The van der Waals surface area contributed by atoms with Gasteiger partial charge >= 0.3 is 6.18 Å². The molecule has 4 aromatic rings. The Labute approximate surface area is 223 Å². The number of halogens is 3. The first-order valence-electron chi connectivity index (χ1n) is 13.0. The first-order chi connectivity index (χ1) is 18.0. The third kappa shape index (κ3) is 6.47. The molecule has 0 aliphatic heterocycles. The minimum absolute atomic E-state index is 0.0647. The van der Waals surface area contributed by atoms with Gasteiger partial charge in [0, 0.05) is 18.5 Å². The van der Waals surface area contributed by atoms with Crippen LogP contribution in [0.4, 0.5) is 13.2 Å². The number of ether oxygens (including phenoxy) is 1. The summed E-state index contributed by atoms with van der Waals surface area (Å²) in [5, 5.41) is 0. The minimum atomic E-state index is -4.43. The van der Waals surface area contributed by atoms with Gasteiger partial charge in [-0.25, -0.2) is 4.98 Å². The number of nitrogens with zero attached hydrogens (tertiary/aromatic N) is 2. The SMILES string of the molecule is CC(C)=CCOc1ccc2c(c1)nc(C(C)c1ccc(CC(C)C)cc1)n2Cc1ccccc1C(F)(F)F. The summed E-state index contributed by atoms with van der Waals surface area (Å²) in [5.41, 5.74) is 4.55. The lowest BCUT2D eigenvalue weighted by molar-refractivity contribution is -0.138. The smallest absolute Gasteiger partial charge is 0.416 e. The summed E-state index contributed by atoms with van der Waals surface area (Å²) in [7, 11) is 0. The zero-order valence-corrected chi connectivity index (χ0v) is 22.6. The standard InChI is InChI=1S/C32H35F3N2O/c1-21(2)16-17-38-27-14-15-30-29(19-27)36-31(23(5)25-12-10-24(11-13-25)18-22(3)4)37(30)20-26-8-6-7-9-28(26)32(33,34)35/h6-16,19,22-23H,17-18,20H2,1-5H3. The van der Waals surface area contributed by atoms with Crippen molar-refractivity contribution in [2.75, 3.05) is 6.61 Å². The second-order valence-corrected chi connectivity index (χ2v) is 10.5. The maximum absolute atomic E-state index is 13.8. The Morgan fingerprint density at radius 1 is 0.974 bits per heavy atom. The molecule has 38 heavy (non-hydrogen) atoms. The van der Waals surface area contributed by atoms with E-state index in [4.69, 9.17) is 9.72 Å². The number of hydrogen-bond donors (Lipinski definition) is 0. The average molecular weight is 521 g/mol. The summed E-state index contributed by atoms with van der Waals surface area (Å²) in [6, 6.07) is 19.8. The van der Waals surface area contributed by atoms with Gasteiger partial charge in [-0.2, -0.15) is 13.2 Å². The molecule has 0 fully saturated rings. The van der Waals surface area contributed by atoms with Gasteiger partial charge in [0.25, 0.3) is 0 Å². The predicted molar refractivity (Wildman–Crippen MR) is 148 cm³/mol. The quantitative estimate of drug-likeness (QED) is 0.206. The highest BCUT2D eigenvalue weighted by Gasteiger charge is 2.33. The van der Waals surface area contributed by atoms with E-state index in [0.717, 1.165) is 35.0 Å². The van der Waals surface area contributed by atoms with E-state index in [1.165, 1.54) is 11.6 Å². The second-order valence-electron chi connectivity index (χ2n) is 10.5. The summed E-state index contributed by atoms with van der Waals surface area (Å²) in [6.07, 6.45) is -1.44. The van der Waals surface area contributed by atoms with Crippen LogP contribution < -0.4 is 4.74 Å². The summed E-state index contributed by atoms with van der Waals surface area (Å²) in [6.45, 7) is 11.0. The monoisotopic (exact) mass is 520 g/mol. The number of rotatable bonds is 9. The molecular formula is C32H35F3N2O. The van der Waals surface area contributed by atoms with Crippen molar-refractivity contribution in [1.82, 2.24) is 9.55 Å². The third-order valence-corrected chi connectivity index (χ3v) is 6.65. The molecule has 0 bridgehead atoms. The summed E-state index contributed by atoms with van der Waals surface area (Å²) < 4.78 is 49.3. The second kappa shape index (κ2) is 11.5. The lowest BCUT2D eigenvalue weighted by Gasteiger charge is -2.18. The molecule has 0 saturated heterocycles. The fourth-order valence-corrected chi connectivity index (χ4v) is 4.69. The van der Waals surface area contributed by atoms with Crippen molar-refractivity contribution in [2.24, 2.45) is 5.92 Å². The van der Waals surface area contributed by atoms with Crippen molar-refractivity contribution in [3.8, 4) is 5.75 Å². The van der Waals surface area contributed by atoms with Gasteiger partial charge in [0.2, 0.25) is 0 Å². The minimum Gasteiger partial charge on any atom is -0.489 e. The average Bonchev–Trinajstić information content (AvgIpc) is 3.20. The van der Waals surface area contributed by atoms with E-state index in [9.17, 15) is 13.2 Å². The molecule has 0 spiro atoms. The molecule has 0 N–H and O–H groups in total. The number of fused-ring (bicyclic) bond motifs is 1. The molecule has 0 saturated carbocycles. The van der Waals surface area contributed by atoms with E-state index >= 15 is 0 Å². The molecule has 3 aromatic carbocycles. The molecule has 1 heterocycles. The number of alkyl halides is 3. The Morgan fingerprint density at radius 3 is 2.34 bits per heavy atom. The van der Waals surface area contributed by atoms with Crippen LogP contribution in [0.5, 0.6) is 5.75 Å². The van der Waals surface area contributed by atoms with Gasteiger partial charge < -0.3 is 9.30 Å². The Morgan fingerprint density at radius 2 is 1.68 bits per heavy atom. The van der Waals surface area contributed by atoms with E-state index in [2.05, 4.69) is 45.0 Å². The number of allylic oxidation sites excluding steroid dienone is 1. The number of benzene rings is 3. The van der Waals surface area contributed by atoms with Crippen LogP contribution in [0.1, 0.15) is 68.6 Å². The highest BCUT2D eigenvalue weighted by atomic mass is 19.4. The van der Waals surface area contributed by atoms with Gasteiger partial charge in [-0.3, -0.25) is 0 Å². The summed E-state index contributed by atoms with van der Waals surface area (Å²) in [4.78, 5) is 4.94. The van der Waals surface area contributed by atoms with Gasteiger partial charge in [-0.1, -0.05) is 68.8 Å². The van der Waals surface area contributed by atoms with E-state index in [-0.39, 0.29) is 18.0 Å². The highest BCUT2D eigenvalue weighted by molar-refractivity contribution is 5.78. The Balaban J connectivity index is 1.77. The molecule has 1 aromatic heterocycles. The number of hydrogen-bond acceptors (Lipinski definition) is 2. The van der Waals surface area contributed by atoms with Crippen molar-refractivity contribution in [3.63, 3.8) is 0 Å². The molecule has 0 amide bonds. The van der Waals surface area contributed by atoms with E-state index < -0.39 is 11.7 Å². The van der Waals surface area contributed by atoms with Crippen LogP contribution in [-0.4, -0.2) is 16.2 Å². The zero-order chi connectivity index (χ0) is 27.4. The molecule has 3 nitrogen and oxygen atoms in total. The van der Waals surface area contributed by atoms with Crippen molar-refractivity contribution >= 4 is 11.0 Å². The molecule has 0 aliphatic carbocycles. The molecule has 0 radical (unpaired) electrons. The lowest BCUT2D eigenvalue weighted by atomic mass is 9.96. The molecule has 0 aliphatic rings. The molecule has 4 rings (SSSR count). The molecule has 200 valence electrons. The lowest BCUT2D eigenvalue weighted by Crippen LogP contribution is -2.14. The predicted octanol–water partition coefficient (Wildman–Crippen LogP) is 8.80. The van der Waals surface area contributed by atoms with E-state index in [1.807, 2.05) is 42.7 Å². The van der Waals surface area contributed by atoms with Crippen LogP contribution >= 0.6 is 0 Å². The van der Waals surface area contributed by atoms with Crippen molar-refractivity contribution in [2.45, 2.75) is 59.7 Å². The molecule has 1 unspecified atom stereocenters. The van der Waals surface area contributed by atoms with Gasteiger partial charge in [-0.15, -0.1) is 0 Å². The maximum atomic E-state index is 13.8. The highest BCUT2D eigenvalue weighted by Crippen LogP contribution is 2.35. The van der Waals surface area contributed by atoms with Gasteiger partial charge in [0.1, 0.15) is 18.2 Å². The topological polar surface area (TPSA) is 27.1 Å². The first-order valence-corrected chi connectivity index (χ1v) is 13.0. The summed E-state index contributed by atoms with van der Waals surface area (Å²) >= 11 is 0. The van der Waals surface area contributed by atoms with Crippen LogP contribution in [0.15, 0.2) is 78.4 Å². The van der Waals surface area contributed by atoms with Crippen LogP contribution in [0.25, 0.3) is 11.0 Å². The Bertz CT molecular complexity index is 1410. The largest absolute Gasteiger partial charge is 0.489 e. The van der Waals surface area contributed by atoms with Crippen LogP contribution in [0, 0.1) is 5.92 Å². The van der Waals surface area contributed by atoms with Gasteiger partial charge in [-0.05, 0) is 67.2 Å². The first kappa shape index (κ1) is 27.5. The molecule has 6 heteroatoms. The normalized spacial score (nSPS) is 12.7. The van der Waals surface area contributed by atoms with Crippen molar-refractivity contribution in [1.29, 1.82) is 0 Å². The fraction of sp³-hybridized carbons (Fsp3) is 0.344. The van der Waals surface area contributed by atoms with Crippen LogP contribution in [0.3, 0.4) is 0 Å². The Kier molecular flexibility index (Phi) is 8.29. The molecule has 1 atom stereocenters. The zero-order valence-electron chi connectivity index (χ0n) is 22.6. The van der Waals surface area contributed by atoms with Crippen molar-refractivity contribution < 1.29 is 17.9 Å². The molecular weight excluding hydrogens is 485 g/mol. The Hall–Kier alpha value is -3.54. The number of aromatic nitrogens is 2. The van der Waals surface area contributed by atoms with Crippen molar-refractivity contribution in [3.05, 3.63) is 106 Å². The van der Waals surface area contributed by atoms with Crippen LogP contribution in [0.2, 0.25) is 0 Å². The third-order valence-electron chi connectivity index (χ3n) is 6.65. The fourth-order valence-electron chi connectivity index (χ4n) is 4.69. The van der Waals surface area contributed by atoms with Gasteiger partial charge in [0.05, 0.1) is 16.6 Å². The van der Waals surface area contributed by atoms with E-state index in [0.29, 0.717) is 23.8 Å².